The molecule has 1 heterocycles. The van der Waals surface area contributed by atoms with Gasteiger partial charge in [-0.15, -0.1) is 0 Å². The second-order valence-electron chi connectivity index (χ2n) is 3.91. The predicted octanol–water partition coefficient (Wildman–Crippen LogP) is 0.914. The van der Waals surface area contributed by atoms with E-state index in [1.165, 1.54) is 6.26 Å². The second-order valence-corrected chi connectivity index (χ2v) is 6.17. The lowest BCUT2D eigenvalue weighted by Gasteiger charge is -2.06. The van der Waals surface area contributed by atoms with Gasteiger partial charge < -0.3 is 5.32 Å². The molecule has 0 bridgehead atoms. The fourth-order valence-corrected chi connectivity index (χ4v) is 2.06. The van der Waals surface area contributed by atoms with Crippen molar-refractivity contribution in [3.63, 3.8) is 0 Å². The van der Waals surface area contributed by atoms with Crippen LogP contribution in [0, 0.1) is 6.92 Å². The highest BCUT2D eigenvalue weighted by atomic mass is 32.2. The molecule has 1 aromatic rings. The van der Waals surface area contributed by atoms with Gasteiger partial charge in [0.05, 0.1) is 5.75 Å². The highest BCUT2D eigenvalue weighted by molar-refractivity contribution is 7.90. The van der Waals surface area contributed by atoms with Crippen LogP contribution in [0.3, 0.4) is 0 Å². The van der Waals surface area contributed by atoms with E-state index in [0.717, 1.165) is 17.8 Å². The van der Waals surface area contributed by atoms with Gasteiger partial charge in [0.25, 0.3) is 0 Å². The first-order valence-corrected chi connectivity index (χ1v) is 7.34. The Morgan fingerprint density at radius 1 is 1.44 bits per heavy atom. The molecule has 1 aromatic heterocycles. The number of pyridine rings is 1. The van der Waals surface area contributed by atoms with E-state index in [1.54, 1.807) is 6.20 Å². The van der Waals surface area contributed by atoms with Crippen LogP contribution in [-0.4, -0.2) is 32.0 Å². The van der Waals surface area contributed by atoms with E-state index >= 15 is 0 Å². The Kier molecular flexibility index (Phi) is 4.89. The summed E-state index contributed by atoms with van der Waals surface area (Å²) in [5.41, 5.74) is 2.17. The molecule has 0 saturated carbocycles. The molecule has 0 aromatic carbocycles. The first kappa shape index (κ1) is 13.1. The summed E-state index contributed by atoms with van der Waals surface area (Å²) in [5.74, 6) is 0.242. The number of hydrogen-bond donors (Lipinski definition) is 1. The van der Waals surface area contributed by atoms with E-state index in [4.69, 9.17) is 0 Å². The number of hydrogen-bond acceptors (Lipinski definition) is 4. The largest absolute Gasteiger partial charge is 0.313 e. The lowest BCUT2D eigenvalue weighted by atomic mass is 10.2. The molecule has 0 radical (unpaired) electrons. The number of rotatable bonds is 6. The molecule has 0 unspecified atom stereocenters. The van der Waals surface area contributed by atoms with Crippen LogP contribution in [0.15, 0.2) is 18.3 Å². The van der Waals surface area contributed by atoms with Crippen LogP contribution >= 0.6 is 0 Å². The Morgan fingerprint density at radius 2 is 2.19 bits per heavy atom. The Morgan fingerprint density at radius 3 is 2.81 bits per heavy atom. The quantitative estimate of drug-likeness (QED) is 0.753. The van der Waals surface area contributed by atoms with Gasteiger partial charge in [-0.1, -0.05) is 6.07 Å². The topological polar surface area (TPSA) is 59.1 Å². The summed E-state index contributed by atoms with van der Waals surface area (Å²) in [6.07, 6.45) is 3.68. The lowest BCUT2D eigenvalue weighted by molar-refractivity contribution is 0.594. The minimum absolute atomic E-state index is 0.242. The van der Waals surface area contributed by atoms with Crippen molar-refractivity contribution < 1.29 is 8.42 Å². The molecule has 0 spiro atoms. The maximum atomic E-state index is 10.9. The molecule has 5 heteroatoms. The van der Waals surface area contributed by atoms with Crippen molar-refractivity contribution in [2.45, 2.75) is 19.9 Å². The van der Waals surface area contributed by atoms with Crippen LogP contribution in [0.5, 0.6) is 0 Å². The van der Waals surface area contributed by atoms with Crippen molar-refractivity contribution in [2.75, 3.05) is 18.6 Å². The summed E-state index contributed by atoms with van der Waals surface area (Å²) in [6.45, 7) is 3.42. The Hall–Kier alpha value is -0.940. The molecular formula is C11H18N2O2S. The average Bonchev–Trinajstić information content (AvgIpc) is 2.18. The minimum Gasteiger partial charge on any atom is -0.313 e. The SMILES string of the molecule is Cc1ncccc1CNCCCS(C)(=O)=O. The molecule has 1 rings (SSSR count). The van der Waals surface area contributed by atoms with Crippen LogP contribution in [0.4, 0.5) is 0 Å². The maximum Gasteiger partial charge on any atom is 0.147 e. The van der Waals surface area contributed by atoms with Gasteiger partial charge in [-0.2, -0.15) is 0 Å². The molecule has 0 aliphatic carbocycles. The van der Waals surface area contributed by atoms with Crippen molar-refractivity contribution in [2.24, 2.45) is 0 Å². The van der Waals surface area contributed by atoms with E-state index in [1.807, 2.05) is 19.1 Å². The zero-order valence-electron chi connectivity index (χ0n) is 9.73. The van der Waals surface area contributed by atoms with Gasteiger partial charge in [0, 0.05) is 24.7 Å². The van der Waals surface area contributed by atoms with Crippen LogP contribution in [-0.2, 0) is 16.4 Å². The second kappa shape index (κ2) is 5.96. The third-order valence-electron chi connectivity index (χ3n) is 2.30. The highest BCUT2D eigenvalue weighted by Crippen LogP contribution is 2.02. The monoisotopic (exact) mass is 242 g/mol. The predicted molar refractivity (Wildman–Crippen MR) is 65.0 cm³/mol. The van der Waals surface area contributed by atoms with Crippen LogP contribution in [0.2, 0.25) is 0 Å². The standard InChI is InChI=1S/C11H18N2O2S/c1-10-11(5-3-7-13-10)9-12-6-4-8-16(2,14)15/h3,5,7,12H,4,6,8-9H2,1-2H3. The van der Waals surface area contributed by atoms with Crippen molar-refractivity contribution in [1.82, 2.24) is 10.3 Å². The van der Waals surface area contributed by atoms with Crippen molar-refractivity contribution in [3.8, 4) is 0 Å². The Labute approximate surface area is 97.0 Å². The lowest BCUT2D eigenvalue weighted by Crippen LogP contribution is -2.18. The zero-order valence-corrected chi connectivity index (χ0v) is 10.5. The van der Waals surface area contributed by atoms with Gasteiger partial charge in [0.1, 0.15) is 9.84 Å². The summed E-state index contributed by atoms with van der Waals surface area (Å²) >= 11 is 0. The molecule has 16 heavy (non-hydrogen) atoms. The summed E-state index contributed by atoms with van der Waals surface area (Å²) in [4.78, 5) is 4.18. The van der Waals surface area contributed by atoms with Gasteiger partial charge in [-0.25, -0.2) is 8.42 Å². The van der Waals surface area contributed by atoms with Crippen molar-refractivity contribution >= 4 is 9.84 Å². The molecule has 90 valence electrons. The fraction of sp³-hybridized carbons (Fsp3) is 0.545. The summed E-state index contributed by atoms with van der Waals surface area (Å²) < 4.78 is 21.8. The van der Waals surface area contributed by atoms with Gasteiger partial charge in [-0.3, -0.25) is 4.98 Å². The first-order valence-electron chi connectivity index (χ1n) is 5.28. The van der Waals surface area contributed by atoms with Crippen LogP contribution < -0.4 is 5.32 Å². The third-order valence-corrected chi connectivity index (χ3v) is 3.33. The highest BCUT2D eigenvalue weighted by Gasteiger charge is 2.01. The molecular weight excluding hydrogens is 224 g/mol. The smallest absolute Gasteiger partial charge is 0.147 e. The number of aromatic nitrogens is 1. The van der Waals surface area contributed by atoms with E-state index < -0.39 is 9.84 Å². The molecule has 0 aliphatic rings. The zero-order chi connectivity index (χ0) is 12.0. The molecule has 0 aliphatic heterocycles. The molecule has 4 nitrogen and oxygen atoms in total. The van der Waals surface area contributed by atoms with Crippen molar-refractivity contribution in [3.05, 3.63) is 29.6 Å². The molecule has 0 fully saturated rings. The van der Waals surface area contributed by atoms with E-state index in [2.05, 4.69) is 10.3 Å². The molecule has 0 saturated heterocycles. The molecule has 1 N–H and O–H groups in total. The number of nitrogens with zero attached hydrogens (tertiary/aromatic N) is 1. The van der Waals surface area contributed by atoms with Gasteiger partial charge >= 0.3 is 0 Å². The third kappa shape index (κ3) is 5.23. The normalized spacial score (nSPS) is 11.6. The Bertz CT molecular complexity index is 429. The van der Waals surface area contributed by atoms with Gasteiger partial charge in [-0.05, 0) is 31.5 Å². The average molecular weight is 242 g/mol. The minimum atomic E-state index is -2.83. The van der Waals surface area contributed by atoms with Crippen LogP contribution in [0.1, 0.15) is 17.7 Å². The summed E-state index contributed by atoms with van der Waals surface area (Å²) in [7, 11) is -2.83. The summed E-state index contributed by atoms with van der Waals surface area (Å²) in [5, 5.41) is 3.21. The van der Waals surface area contributed by atoms with E-state index in [9.17, 15) is 8.42 Å². The van der Waals surface area contributed by atoms with Gasteiger partial charge in [0.2, 0.25) is 0 Å². The summed E-state index contributed by atoms with van der Waals surface area (Å²) in [6, 6.07) is 3.92. The fourth-order valence-electron chi connectivity index (χ4n) is 1.39. The molecule has 0 atom stereocenters. The molecule has 0 amide bonds. The number of sulfone groups is 1. The van der Waals surface area contributed by atoms with E-state index in [0.29, 0.717) is 13.0 Å². The number of nitrogens with one attached hydrogen (secondary N) is 1. The van der Waals surface area contributed by atoms with Crippen molar-refractivity contribution in [1.29, 1.82) is 0 Å². The number of aryl methyl sites for hydroxylation is 1. The van der Waals surface area contributed by atoms with Gasteiger partial charge in [0.15, 0.2) is 0 Å². The Balaban J connectivity index is 2.24. The van der Waals surface area contributed by atoms with Crippen LogP contribution in [0.25, 0.3) is 0 Å². The van der Waals surface area contributed by atoms with E-state index in [-0.39, 0.29) is 5.75 Å². The maximum absolute atomic E-state index is 10.9. The first-order chi connectivity index (χ1) is 7.49.